The topological polar surface area (TPSA) is 74.2 Å². The molecule has 0 aliphatic heterocycles. The molecular weight excluding hydrogens is 218 g/mol. The van der Waals surface area contributed by atoms with Crippen LogP contribution in [0.1, 0.15) is 38.5 Å². The first kappa shape index (κ1) is 9.74. The summed E-state index contributed by atoms with van der Waals surface area (Å²) in [4.78, 5) is 0. The van der Waals surface area contributed by atoms with E-state index in [1.807, 2.05) is 0 Å². The lowest BCUT2D eigenvalue weighted by Crippen LogP contribution is -2.53. The van der Waals surface area contributed by atoms with Crippen molar-refractivity contribution in [3.05, 3.63) is 0 Å². The minimum Gasteiger partial charge on any atom is -0.466 e. The lowest BCUT2D eigenvalue weighted by atomic mass is 9.54. The fraction of sp³-hybridized carbons (Fsp3) is 0.833. The first-order chi connectivity index (χ1) is 8.22. The molecular formula is C12H17N3O2. The molecule has 4 fully saturated rings. The second-order valence-corrected chi connectivity index (χ2v) is 6.16. The van der Waals surface area contributed by atoms with Gasteiger partial charge in [0.2, 0.25) is 5.82 Å². The zero-order chi connectivity index (χ0) is 11.5. The number of anilines is 1. The molecule has 0 spiro atoms. The number of aromatic nitrogens is 2. The summed E-state index contributed by atoms with van der Waals surface area (Å²) in [6.07, 6.45) is 7.67. The molecule has 0 amide bonds. The summed E-state index contributed by atoms with van der Waals surface area (Å²) in [5.74, 6) is 3.22. The molecule has 1 heterocycles. The average molecular weight is 235 g/mol. The Labute approximate surface area is 99.7 Å². The molecule has 4 aliphatic rings. The van der Waals surface area contributed by atoms with Crippen LogP contribution in [0.5, 0.6) is 5.88 Å². The van der Waals surface area contributed by atoms with Gasteiger partial charge in [-0.1, -0.05) is 0 Å². The Morgan fingerprint density at radius 1 is 1.06 bits per heavy atom. The molecule has 4 saturated carbocycles. The van der Waals surface area contributed by atoms with Crippen LogP contribution < -0.4 is 10.5 Å². The van der Waals surface area contributed by atoms with Gasteiger partial charge in [0.1, 0.15) is 5.60 Å². The smallest absolute Gasteiger partial charge is 0.300 e. The maximum Gasteiger partial charge on any atom is 0.300 e. The molecule has 92 valence electrons. The Morgan fingerprint density at radius 2 is 1.65 bits per heavy atom. The molecule has 17 heavy (non-hydrogen) atoms. The summed E-state index contributed by atoms with van der Waals surface area (Å²) in [7, 11) is 0. The van der Waals surface area contributed by atoms with Crippen molar-refractivity contribution < 1.29 is 9.37 Å². The van der Waals surface area contributed by atoms with Gasteiger partial charge in [0.05, 0.1) is 0 Å². The third kappa shape index (κ3) is 1.44. The van der Waals surface area contributed by atoms with E-state index in [2.05, 4.69) is 14.9 Å². The van der Waals surface area contributed by atoms with Gasteiger partial charge in [-0.15, -0.1) is 0 Å². The molecule has 5 heteroatoms. The van der Waals surface area contributed by atoms with E-state index in [9.17, 15) is 0 Å². The number of hydrogen-bond donors (Lipinski definition) is 1. The largest absolute Gasteiger partial charge is 0.466 e. The lowest BCUT2D eigenvalue weighted by Gasteiger charge is -2.55. The van der Waals surface area contributed by atoms with Crippen molar-refractivity contribution >= 4 is 5.82 Å². The number of nitrogens with zero attached hydrogens (tertiary/aromatic N) is 2. The number of hydrogen-bond acceptors (Lipinski definition) is 5. The quantitative estimate of drug-likeness (QED) is 0.848. The molecule has 0 atom stereocenters. The van der Waals surface area contributed by atoms with Gasteiger partial charge in [-0.05, 0) is 66.6 Å². The standard InChI is InChI=1S/C12H17N3O2/c13-10-11(15-17-14-10)16-12-4-7-1-8(5-12)3-9(2-7)6-12/h7-9H,1-6H2,(H2,13,14). The van der Waals surface area contributed by atoms with Gasteiger partial charge in [0.15, 0.2) is 0 Å². The van der Waals surface area contributed by atoms with Gasteiger partial charge in [-0.3, -0.25) is 0 Å². The lowest BCUT2D eigenvalue weighted by molar-refractivity contribution is -0.110. The Hall–Kier alpha value is -1.26. The van der Waals surface area contributed by atoms with Crippen molar-refractivity contribution in [2.45, 2.75) is 44.1 Å². The zero-order valence-corrected chi connectivity index (χ0v) is 9.76. The van der Waals surface area contributed by atoms with E-state index in [4.69, 9.17) is 10.5 Å². The van der Waals surface area contributed by atoms with Gasteiger partial charge in [-0.2, -0.15) is 0 Å². The van der Waals surface area contributed by atoms with E-state index in [1.165, 1.54) is 19.3 Å². The highest BCUT2D eigenvalue weighted by Crippen LogP contribution is 2.57. The van der Waals surface area contributed by atoms with Crippen LogP contribution in [0, 0.1) is 17.8 Å². The summed E-state index contributed by atoms with van der Waals surface area (Å²) in [6.45, 7) is 0. The SMILES string of the molecule is Nc1nonc1OC12CC3CC(CC(C3)C1)C2. The van der Waals surface area contributed by atoms with Crippen LogP contribution in [-0.2, 0) is 0 Å². The Kier molecular flexibility index (Phi) is 1.80. The van der Waals surface area contributed by atoms with Gasteiger partial charge < -0.3 is 10.5 Å². The summed E-state index contributed by atoms with van der Waals surface area (Å²) >= 11 is 0. The highest BCUT2D eigenvalue weighted by atomic mass is 16.6. The Balaban J connectivity index is 1.62. The van der Waals surface area contributed by atoms with E-state index in [0.717, 1.165) is 37.0 Å². The average Bonchev–Trinajstić information content (AvgIpc) is 2.61. The van der Waals surface area contributed by atoms with Crippen LogP contribution in [0.25, 0.3) is 0 Å². The van der Waals surface area contributed by atoms with Crippen LogP contribution in [0.3, 0.4) is 0 Å². The van der Waals surface area contributed by atoms with Crippen molar-refractivity contribution in [1.29, 1.82) is 0 Å². The van der Waals surface area contributed by atoms with E-state index in [0.29, 0.717) is 5.88 Å². The van der Waals surface area contributed by atoms with Crippen molar-refractivity contribution in [2.75, 3.05) is 5.73 Å². The van der Waals surface area contributed by atoms with E-state index in [-0.39, 0.29) is 11.4 Å². The Morgan fingerprint density at radius 3 is 2.12 bits per heavy atom. The van der Waals surface area contributed by atoms with Crippen molar-refractivity contribution in [3.63, 3.8) is 0 Å². The number of rotatable bonds is 2. The summed E-state index contributed by atoms with van der Waals surface area (Å²) in [6, 6.07) is 0. The first-order valence-electron chi connectivity index (χ1n) is 6.49. The molecule has 4 bridgehead atoms. The fourth-order valence-electron chi connectivity index (χ4n) is 4.62. The van der Waals surface area contributed by atoms with Gasteiger partial charge >= 0.3 is 5.88 Å². The number of nitrogens with two attached hydrogens (primary N) is 1. The maximum absolute atomic E-state index is 6.09. The molecule has 0 radical (unpaired) electrons. The molecule has 0 aromatic carbocycles. The molecule has 1 aromatic rings. The molecule has 0 unspecified atom stereocenters. The molecule has 5 nitrogen and oxygen atoms in total. The molecule has 1 aromatic heterocycles. The van der Waals surface area contributed by atoms with Crippen LogP contribution in [0.4, 0.5) is 5.82 Å². The van der Waals surface area contributed by atoms with Gasteiger partial charge in [0, 0.05) is 0 Å². The van der Waals surface area contributed by atoms with Crippen molar-refractivity contribution in [3.8, 4) is 5.88 Å². The monoisotopic (exact) mass is 235 g/mol. The van der Waals surface area contributed by atoms with E-state index in [1.54, 1.807) is 0 Å². The molecule has 0 saturated heterocycles. The third-order valence-corrected chi connectivity index (χ3v) is 4.78. The highest BCUT2D eigenvalue weighted by Gasteiger charge is 2.53. The third-order valence-electron chi connectivity index (χ3n) is 4.78. The minimum absolute atomic E-state index is 0.0264. The second-order valence-electron chi connectivity index (χ2n) is 6.16. The number of nitrogen functional groups attached to an aromatic ring is 1. The number of ether oxygens (including phenoxy) is 1. The second kappa shape index (κ2) is 3.15. The Bertz CT molecular complexity index is 407. The molecule has 4 aliphatic carbocycles. The predicted octanol–water partition coefficient (Wildman–Crippen LogP) is 2.00. The van der Waals surface area contributed by atoms with Crippen LogP contribution >= 0.6 is 0 Å². The van der Waals surface area contributed by atoms with Crippen molar-refractivity contribution in [1.82, 2.24) is 10.3 Å². The summed E-state index contributed by atoms with van der Waals surface area (Å²) in [5, 5.41) is 7.34. The van der Waals surface area contributed by atoms with Crippen LogP contribution in [0.15, 0.2) is 4.63 Å². The van der Waals surface area contributed by atoms with Crippen molar-refractivity contribution in [2.24, 2.45) is 17.8 Å². The van der Waals surface area contributed by atoms with Gasteiger partial charge in [0.25, 0.3) is 0 Å². The summed E-state index contributed by atoms with van der Waals surface area (Å²) in [5.41, 5.74) is 5.65. The van der Waals surface area contributed by atoms with Crippen LogP contribution in [0.2, 0.25) is 0 Å². The van der Waals surface area contributed by atoms with E-state index < -0.39 is 0 Å². The molecule has 2 N–H and O–H groups in total. The fourth-order valence-corrected chi connectivity index (χ4v) is 4.62. The normalized spacial score (nSPS) is 42.9. The first-order valence-corrected chi connectivity index (χ1v) is 6.49. The van der Waals surface area contributed by atoms with E-state index >= 15 is 0 Å². The van der Waals surface area contributed by atoms with Gasteiger partial charge in [-0.25, -0.2) is 4.63 Å². The predicted molar refractivity (Wildman–Crippen MR) is 60.2 cm³/mol. The highest BCUT2D eigenvalue weighted by molar-refractivity contribution is 5.37. The summed E-state index contributed by atoms with van der Waals surface area (Å²) < 4.78 is 10.7. The zero-order valence-electron chi connectivity index (χ0n) is 9.76. The molecule has 5 rings (SSSR count). The maximum atomic E-state index is 6.09. The minimum atomic E-state index is -0.0264. The van der Waals surface area contributed by atoms with Crippen LogP contribution in [-0.4, -0.2) is 15.9 Å².